The summed E-state index contributed by atoms with van der Waals surface area (Å²) in [5.74, 6) is 0.160. The van der Waals surface area contributed by atoms with Crippen molar-refractivity contribution in [3.05, 3.63) is 24.3 Å². The molecule has 0 aliphatic carbocycles. The maximum absolute atomic E-state index is 12.1. The van der Waals surface area contributed by atoms with E-state index in [9.17, 15) is 13.2 Å². The van der Waals surface area contributed by atoms with Gasteiger partial charge in [-0.25, -0.2) is 8.42 Å². The van der Waals surface area contributed by atoms with Crippen LogP contribution in [0.15, 0.2) is 29.2 Å². The van der Waals surface area contributed by atoms with E-state index in [2.05, 4.69) is 5.32 Å². The number of nitrogens with one attached hydrogen (secondary N) is 1. The van der Waals surface area contributed by atoms with Gasteiger partial charge in [0.2, 0.25) is 15.9 Å². The maximum atomic E-state index is 12.1. The van der Waals surface area contributed by atoms with Gasteiger partial charge >= 0.3 is 0 Å². The number of amides is 1. The van der Waals surface area contributed by atoms with Crippen molar-refractivity contribution in [2.75, 3.05) is 36.9 Å². The second-order valence-corrected chi connectivity index (χ2v) is 7.61. The minimum Gasteiger partial charge on any atom is -0.398 e. The van der Waals surface area contributed by atoms with Crippen molar-refractivity contribution in [2.24, 2.45) is 0 Å². The Bertz CT molecular complexity index is 589. The van der Waals surface area contributed by atoms with Crippen LogP contribution in [-0.4, -0.2) is 49.8 Å². The molecule has 1 aromatic carbocycles. The van der Waals surface area contributed by atoms with Crippen LogP contribution in [0.1, 0.15) is 0 Å². The Morgan fingerprint density at radius 1 is 1.35 bits per heavy atom. The van der Waals surface area contributed by atoms with Gasteiger partial charge in [0, 0.05) is 29.4 Å². The number of benzene rings is 1. The summed E-state index contributed by atoms with van der Waals surface area (Å²) in [6.07, 6.45) is 0. The molecule has 110 valence electrons. The van der Waals surface area contributed by atoms with Crippen LogP contribution >= 0.6 is 11.8 Å². The van der Waals surface area contributed by atoms with Gasteiger partial charge in [0.25, 0.3) is 0 Å². The third kappa shape index (κ3) is 3.87. The number of piperazine rings is 1. The first-order chi connectivity index (χ1) is 9.49. The van der Waals surface area contributed by atoms with Gasteiger partial charge in [-0.3, -0.25) is 4.79 Å². The molecule has 3 N–H and O–H groups in total. The number of rotatable bonds is 5. The van der Waals surface area contributed by atoms with E-state index in [-0.39, 0.29) is 18.2 Å². The van der Waals surface area contributed by atoms with Crippen molar-refractivity contribution >= 4 is 33.4 Å². The van der Waals surface area contributed by atoms with Crippen molar-refractivity contribution in [1.82, 2.24) is 9.62 Å². The minimum atomic E-state index is -3.39. The Morgan fingerprint density at radius 2 is 2.10 bits per heavy atom. The summed E-state index contributed by atoms with van der Waals surface area (Å²) in [6, 6.07) is 7.34. The van der Waals surface area contributed by atoms with Crippen LogP contribution in [0.4, 0.5) is 5.69 Å². The van der Waals surface area contributed by atoms with Gasteiger partial charge in [-0.1, -0.05) is 12.1 Å². The Kier molecular flexibility index (Phi) is 4.90. The Hall–Kier alpha value is -1.25. The largest absolute Gasteiger partial charge is 0.398 e. The quantitative estimate of drug-likeness (QED) is 0.595. The molecule has 8 heteroatoms. The molecule has 0 aromatic heterocycles. The lowest BCUT2D eigenvalue weighted by Crippen LogP contribution is -2.50. The van der Waals surface area contributed by atoms with Crippen LogP contribution in [-0.2, 0) is 14.8 Å². The molecule has 1 aromatic rings. The molecular formula is C12H17N3O3S2. The molecule has 1 amide bonds. The van der Waals surface area contributed by atoms with E-state index in [1.54, 1.807) is 6.07 Å². The third-order valence-electron chi connectivity index (χ3n) is 2.91. The van der Waals surface area contributed by atoms with E-state index < -0.39 is 10.0 Å². The first-order valence-corrected chi connectivity index (χ1v) is 8.80. The summed E-state index contributed by atoms with van der Waals surface area (Å²) >= 11 is 1.41. The zero-order chi connectivity index (χ0) is 14.6. The highest BCUT2D eigenvalue weighted by molar-refractivity contribution is 8.00. The third-order valence-corrected chi connectivity index (χ3v) is 6.08. The molecule has 0 unspecified atom stereocenters. The van der Waals surface area contributed by atoms with E-state index in [0.717, 1.165) is 4.90 Å². The molecule has 20 heavy (non-hydrogen) atoms. The Morgan fingerprint density at radius 3 is 2.80 bits per heavy atom. The molecule has 1 saturated heterocycles. The topological polar surface area (TPSA) is 92.5 Å². The molecule has 1 aliphatic rings. The van der Waals surface area contributed by atoms with Crippen LogP contribution in [0.2, 0.25) is 0 Å². The fourth-order valence-corrected chi connectivity index (χ4v) is 4.60. The average molecular weight is 315 g/mol. The zero-order valence-electron chi connectivity index (χ0n) is 10.9. The molecule has 2 rings (SSSR count). The van der Waals surface area contributed by atoms with Gasteiger partial charge < -0.3 is 11.1 Å². The van der Waals surface area contributed by atoms with Crippen LogP contribution < -0.4 is 11.1 Å². The second-order valence-electron chi connectivity index (χ2n) is 4.39. The second kappa shape index (κ2) is 6.47. The lowest BCUT2D eigenvalue weighted by Gasteiger charge is -2.25. The molecular weight excluding hydrogens is 298 g/mol. The number of carbonyl (C=O) groups is 1. The highest BCUT2D eigenvalue weighted by Gasteiger charge is 2.27. The number of hydrogen-bond acceptors (Lipinski definition) is 5. The summed E-state index contributed by atoms with van der Waals surface area (Å²) in [4.78, 5) is 12.1. The number of nitrogen functional groups attached to an aromatic ring is 1. The highest BCUT2D eigenvalue weighted by atomic mass is 32.2. The first-order valence-electron chi connectivity index (χ1n) is 6.21. The Balaban J connectivity index is 1.89. The summed E-state index contributed by atoms with van der Waals surface area (Å²) < 4.78 is 25.5. The molecule has 0 atom stereocenters. The summed E-state index contributed by atoms with van der Waals surface area (Å²) in [5, 5.41) is 2.61. The number of hydrogen-bond donors (Lipinski definition) is 2. The fraction of sp³-hybridized carbons (Fsp3) is 0.417. The molecule has 0 bridgehead atoms. The fourth-order valence-electron chi connectivity index (χ4n) is 1.85. The number of para-hydroxylation sites is 1. The van der Waals surface area contributed by atoms with Crippen LogP contribution in [0.3, 0.4) is 0 Å². The number of nitrogens with two attached hydrogens (primary N) is 1. The monoisotopic (exact) mass is 315 g/mol. The number of carbonyl (C=O) groups excluding carboxylic acids is 1. The van der Waals surface area contributed by atoms with Gasteiger partial charge in [-0.05, 0) is 12.1 Å². The first kappa shape index (κ1) is 15.1. The lowest BCUT2D eigenvalue weighted by atomic mass is 10.3. The van der Waals surface area contributed by atoms with Crippen molar-refractivity contribution in [3.8, 4) is 0 Å². The van der Waals surface area contributed by atoms with Gasteiger partial charge in [-0.2, -0.15) is 4.31 Å². The van der Waals surface area contributed by atoms with E-state index in [1.165, 1.54) is 16.1 Å². The normalized spacial score (nSPS) is 16.9. The molecule has 0 saturated carbocycles. The molecule has 1 aliphatic heterocycles. The molecule has 1 heterocycles. The predicted molar refractivity (Wildman–Crippen MR) is 79.9 cm³/mol. The minimum absolute atomic E-state index is 0.000713. The number of thioether (sulfide) groups is 1. The smallest absolute Gasteiger partial charge is 0.235 e. The lowest BCUT2D eigenvalue weighted by molar-refractivity contribution is -0.122. The standard InChI is InChI=1S/C12H17N3O3S2/c13-10-3-1-2-4-11(10)19-7-8-20(17,18)15-6-5-14-12(16)9-15/h1-4H,5-9,13H2,(H,14,16). The van der Waals surface area contributed by atoms with Gasteiger partial charge in [0.1, 0.15) is 0 Å². The summed E-state index contributed by atoms with van der Waals surface area (Å²) in [7, 11) is -3.39. The van der Waals surface area contributed by atoms with Crippen molar-refractivity contribution in [2.45, 2.75) is 4.90 Å². The molecule has 0 radical (unpaired) electrons. The number of anilines is 1. The molecule has 6 nitrogen and oxygen atoms in total. The van der Waals surface area contributed by atoms with Crippen molar-refractivity contribution in [3.63, 3.8) is 0 Å². The number of sulfonamides is 1. The van der Waals surface area contributed by atoms with E-state index in [4.69, 9.17) is 5.73 Å². The predicted octanol–water partition coefficient (Wildman–Crippen LogP) is 0.123. The van der Waals surface area contributed by atoms with Crippen LogP contribution in [0, 0.1) is 0 Å². The van der Waals surface area contributed by atoms with Crippen LogP contribution in [0.5, 0.6) is 0 Å². The van der Waals surface area contributed by atoms with Gasteiger partial charge in [-0.15, -0.1) is 11.8 Å². The molecule has 1 fully saturated rings. The molecule has 0 spiro atoms. The SMILES string of the molecule is Nc1ccccc1SCCS(=O)(=O)N1CCNC(=O)C1. The maximum Gasteiger partial charge on any atom is 0.235 e. The summed E-state index contributed by atoms with van der Waals surface area (Å²) in [5.41, 5.74) is 6.44. The van der Waals surface area contributed by atoms with Gasteiger partial charge in [0.15, 0.2) is 0 Å². The zero-order valence-corrected chi connectivity index (χ0v) is 12.5. The van der Waals surface area contributed by atoms with E-state index in [1.807, 2.05) is 18.2 Å². The highest BCUT2D eigenvalue weighted by Crippen LogP contribution is 2.24. The van der Waals surface area contributed by atoms with E-state index >= 15 is 0 Å². The van der Waals surface area contributed by atoms with Crippen LogP contribution in [0.25, 0.3) is 0 Å². The summed E-state index contributed by atoms with van der Waals surface area (Å²) in [6.45, 7) is 0.629. The van der Waals surface area contributed by atoms with Crippen molar-refractivity contribution < 1.29 is 13.2 Å². The Labute approximate surface area is 122 Å². The van der Waals surface area contributed by atoms with Crippen molar-refractivity contribution in [1.29, 1.82) is 0 Å². The van der Waals surface area contributed by atoms with Gasteiger partial charge in [0.05, 0.1) is 12.3 Å². The average Bonchev–Trinajstić information content (AvgIpc) is 2.41. The van der Waals surface area contributed by atoms with E-state index in [0.29, 0.717) is 24.5 Å². The number of nitrogens with zero attached hydrogens (tertiary/aromatic N) is 1.